The van der Waals surface area contributed by atoms with Gasteiger partial charge in [-0.05, 0) is 77.0 Å². The predicted molar refractivity (Wildman–Crippen MR) is 279 cm³/mol. The number of nitrogens with two attached hydrogens (primary N) is 1. The lowest BCUT2D eigenvalue weighted by Crippen LogP contribution is -2.64. The molecule has 73 heavy (non-hydrogen) atoms. The van der Waals surface area contributed by atoms with Crippen molar-refractivity contribution in [1.82, 2.24) is 0 Å². The number of carbonyl (C=O) groups is 3. The van der Waals surface area contributed by atoms with E-state index in [1.165, 1.54) is 25.7 Å². The summed E-state index contributed by atoms with van der Waals surface area (Å²) in [6.45, 7) is 2.55. The summed E-state index contributed by atoms with van der Waals surface area (Å²) in [6, 6.07) is -1.41. The van der Waals surface area contributed by atoms with Crippen LogP contribution in [0.15, 0.2) is 85.1 Å². The molecule has 11 N–H and O–H groups in total. The SMILES string of the molecule is CCCCC/C=C\C\C=C/C=C/C=C/[C@@H](SC[C@H](N)C(=O)O[C@H](COC(=O)CCCC/C=C\C/C=C\C/C=C\CCCCC)COP(=O)(O)O[C@H]1[C@H](O)[C@@H](O)[C@H](O)[C@@H](O)[C@H]1OP(=O)(O)O)[C@@H](O)CCCC(=O)O. The van der Waals surface area contributed by atoms with E-state index in [9.17, 15) is 63.7 Å². The van der Waals surface area contributed by atoms with Crippen LogP contribution in [-0.4, -0.2) is 142 Å². The number of allylic oxidation sites excluding steroid dienone is 13. The van der Waals surface area contributed by atoms with Gasteiger partial charge in [-0.15, -0.1) is 11.8 Å². The molecule has 1 fully saturated rings. The molecule has 1 aliphatic rings. The number of hydrogen-bond acceptors (Lipinski definition) is 17. The smallest absolute Gasteiger partial charge is 0.472 e. The highest BCUT2D eigenvalue weighted by Gasteiger charge is 2.54. The number of aliphatic hydroxyl groups excluding tert-OH is 5. The second-order valence-corrected chi connectivity index (χ2v) is 21.2. The average Bonchev–Trinajstić information content (AvgIpc) is 3.33. The molecule has 0 spiro atoms. The van der Waals surface area contributed by atoms with Gasteiger partial charge in [-0.2, -0.15) is 0 Å². The van der Waals surface area contributed by atoms with E-state index in [1.54, 1.807) is 24.3 Å². The van der Waals surface area contributed by atoms with Gasteiger partial charge in [-0.1, -0.05) is 125 Å². The summed E-state index contributed by atoms with van der Waals surface area (Å²) in [5.41, 5.74) is 6.20. The van der Waals surface area contributed by atoms with Crippen molar-refractivity contribution in [3.8, 4) is 0 Å². The standard InChI is InChI=1S/C50H83NO19P2S/c1-3-5-7-9-11-13-15-17-18-19-21-23-25-27-29-34-43(55)66-35-38(36-67-72(64,65)70-49-47(59)45(57)44(56)46(58)48(49)69-71(61,62)63)68-50(60)39(51)37-73-41(40(52)31-30-33-42(53)54)32-28-26-24-22-20-16-14-12-10-8-6-4-2/h11-14,17-18,20-24,26,28,32,38-41,44-49,52,56-59H,3-10,15-16,19,25,27,29-31,33-37,51H2,1-2H3,(H,53,54)(H,64,65)(H2,61,62,63)/b13-11-,14-12-,18-17-,22-20-,23-21-,26-24+,32-28+/t38-,39+,40+,41-,44+,45+,46-,47-,48-,49+/m1/s1. The number of aliphatic hydroxyl groups is 5. The van der Waals surface area contributed by atoms with Gasteiger partial charge in [0, 0.05) is 23.8 Å². The molecule has 1 rings (SSSR count). The van der Waals surface area contributed by atoms with Gasteiger partial charge < -0.3 is 60.5 Å². The Morgan fingerprint density at radius 1 is 0.644 bits per heavy atom. The number of hydrogen-bond donors (Lipinski definition) is 10. The van der Waals surface area contributed by atoms with Gasteiger partial charge in [0.1, 0.15) is 49.3 Å². The first-order valence-corrected chi connectivity index (χ1v) is 29.1. The van der Waals surface area contributed by atoms with E-state index in [2.05, 4.69) is 54.8 Å². The molecule has 1 unspecified atom stereocenters. The molecule has 0 amide bonds. The summed E-state index contributed by atoms with van der Waals surface area (Å²) < 4.78 is 49.9. The van der Waals surface area contributed by atoms with Crippen LogP contribution >= 0.6 is 27.4 Å². The van der Waals surface area contributed by atoms with E-state index in [0.29, 0.717) is 19.3 Å². The fraction of sp³-hybridized carbons (Fsp3) is 0.660. The number of carboxylic acids is 1. The molecule has 0 saturated heterocycles. The van der Waals surface area contributed by atoms with Crippen LogP contribution in [0.3, 0.4) is 0 Å². The molecule has 0 aromatic carbocycles. The zero-order valence-corrected chi connectivity index (χ0v) is 44.8. The fourth-order valence-corrected chi connectivity index (χ4v) is 9.52. The summed E-state index contributed by atoms with van der Waals surface area (Å²) in [4.78, 5) is 66.7. The molecule has 20 nitrogen and oxygen atoms in total. The second-order valence-electron chi connectivity index (χ2n) is 17.4. The summed E-state index contributed by atoms with van der Waals surface area (Å²) in [5.74, 6) is -3.01. The minimum absolute atomic E-state index is 0.0413. The molecular formula is C50H83NO19P2S. The summed E-state index contributed by atoms with van der Waals surface area (Å²) in [5, 5.41) is 60.6. The lowest BCUT2D eigenvalue weighted by atomic mass is 9.85. The van der Waals surface area contributed by atoms with Crippen molar-refractivity contribution in [1.29, 1.82) is 0 Å². The predicted octanol–water partition coefficient (Wildman–Crippen LogP) is 6.71. The summed E-state index contributed by atoms with van der Waals surface area (Å²) in [7, 11) is -11.1. The zero-order chi connectivity index (χ0) is 54.5. The zero-order valence-electron chi connectivity index (χ0n) is 42.2. The molecule has 1 aliphatic carbocycles. The van der Waals surface area contributed by atoms with Crippen molar-refractivity contribution in [3.63, 3.8) is 0 Å². The van der Waals surface area contributed by atoms with Crippen molar-refractivity contribution in [2.75, 3.05) is 19.0 Å². The van der Waals surface area contributed by atoms with Crippen molar-refractivity contribution >= 4 is 45.3 Å². The number of ether oxygens (including phenoxy) is 2. The first-order chi connectivity index (χ1) is 34.7. The van der Waals surface area contributed by atoms with Crippen LogP contribution in [0.25, 0.3) is 0 Å². The Morgan fingerprint density at radius 3 is 1.71 bits per heavy atom. The first-order valence-electron chi connectivity index (χ1n) is 25.1. The minimum atomic E-state index is -5.53. The molecule has 0 aromatic heterocycles. The number of rotatable bonds is 41. The number of unbranched alkanes of at least 4 members (excludes halogenated alkanes) is 8. The highest BCUT2D eigenvalue weighted by atomic mass is 32.2. The number of thioether (sulfide) groups is 1. The van der Waals surface area contributed by atoms with Gasteiger partial charge >= 0.3 is 33.6 Å². The van der Waals surface area contributed by atoms with Crippen LogP contribution in [0.5, 0.6) is 0 Å². The highest BCUT2D eigenvalue weighted by Crippen LogP contribution is 2.50. The third-order valence-electron chi connectivity index (χ3n) is 10.9. The van der Waals surface area contributed by atoms with E-state index in [0.717, 1.165) is 56.7 Å². The lowest BCUT2D eigenvalue weighted by molar-refractivity contribution is -0.216. The Kier molecular flexibility index (Phi) is 37.4. The van der Waals surface area contributed by atoms with Crippen molar-refractivity contribution in [2.45, 2.75) is 190 Å². The molecule has 11 atom stereocenters. The normalized spacial score (nSPS) is 22.6. The quantitative estimate of drug-likeness (QED) is 0.00999. The van der Waals surface area contributed by atoms with Gasteiger partial charge in [0.05, 0.1) is 12.7 Å². The van der Waals surface area contributed by atoms with Crippen molar-refractivity contribution in [3.05, 3.63) is 85.1 Å². The maximum atomic E-state index is 13.4. The van der Waals surface area contributed by atoms with Crippen molar-refractivity contribution in [2.24, 2.45) is 5.73 Å². The second kappa shape index (κ2) is 40.2. The van der Waals surface area contributed by atoms with Gasteiger partial charge in [-0.3, -0.25) is 28.0 Å². The van der Waals surface area contributed by atoms with Crippen LogP contribution < -0.4 is 5.73 Å². The highest BCUT2D eigenvalue weighted by molar-refractivity contribution is 8.00. The number of aliphatic carboxylic acids is 1. The monoisotopic (exact) mass is 1100 g/mol. The molecular weight excluding hydrogens is 1010 g/mol. The Hall–Kier alpha value is -3.08. The lowest BCUT2D eigenvalue weighted by Gasteiger charge is -2.43. The van der Waals surface area contributed by atoms with E-state index < -0.39 is 107 Å². The van der Waals surface area contributed by atoms with E-state index in [4.69, 9.17) is 29.4 Å². The van der Waals surface area contributed by atoms with Crippen LogP contribution in [0.1, 0.15) is 129 Å². The average molecular weight is 1100 g/mol. The van der Waals surface area contributed by atoms with E-state index in [-0.39, 0.29) is 31.4 Å². The van der Waals surface area contributed by atoms with E-state index in [1.807, 2.05) is 24.3 Å². The van der Waals surface area contributed by atoms with Gasteiger partial charge in [-0.25, -0.2) is 9.13 Å². The molecule has 1 saturated carbocycles. The Balaban J connectivity index is 3.07. The van der Waals surface area contributed by atoms with Gasteiger partial charge in [0.15, 0.2) is 6.10 Å². The molecule has 0 heterocycles. The number of carboxylic acid groups (broad SMARTS) is 1. The maximum Gasteiger partial charge on any atom is 0.472 e. The molecule has 0 bridgehead atoms. The fourth-order valence-electron chi connectivity index (χ4n) is 6.86. The maximum absolute atomic E-state index is 13.4. The Labute approximate surface area is 435 Å². The number of phosphoric acid groups is 2. The summed E-state index contributed by atoms with van der Waals surface area (Å²) in [6.07, 6.45) is 24.3. The number of esters is 2. The number of carbonyl (C=O) groups excluding carboxylic acids is 2. The topological polar surface area (TPSA) is 340 Å². The van der Waals surface area contributed by atoms with Crippen molar-refractivity contribution < 1.29 is 91.9 Å². The van der Waals surface area contributed by atoms with Crippen LogP contribution in [-0.2, 0) is 46.6 Å². The Morgan fingerprint density at radius 2 is 1.16 bits per heavy atom. The van der Waals surface area contributed by atoms with Crippen LogP contribution in [0.4, 0.5) is 0 Å². The molecule has 418 valence electrons. The first kappa shape index (κ1) is 67.9. The van der Waals surface area contributed by atoms with Gasteiger partial charge in [0.25, 0.3) is 0 Å². The molecule has 0 aliphatic heterocycles. The molecule has 0 radical (unpaired) electrons. The minimum Gasteiger partial charge on any atom is -0.481 e. The third kappa shape index (κ3) is 33.5. The van der Waals surface area contributed by atoms with Crippen LogP contribution in [0.2, 0.25) is 0 Å². The molecule has 23 heteroatoms. The third-order valence-corrected chi connectivity index (χ3v) is 13.9. The van der Waals surface area contributed by atoms with Crippen LogP contribution in [0, 0.1) is 0 Å². The largest absolute Gasteiger partial charge is 0.481 e. The van der Waals surface area contributed by atoms with E-state index >= 15 is 0 Å². The summed E-state index contributed by atoms with van der Waals surface area (Å²) >= 11 is 1.07. The Bertz CT molecular complexity index is 1850. The molecule has 0 aromatic rings. The van der Waals surface area contributed by atoms with Gasteiger partial charge in [0.2, 0.25) is 0 Å². The number of phosphoric ester groups is 2.